The number of aromatic hydroxyl groups is 3. The van der Waals surface area contributed by atoms with E-state index in [4.69, 9.17) is 0 Å². The Kier molecular flexibility index (Phi) is 2.96. The second-order valence-electron chi connectivity index (χ2n) is 3.46. The smallest absolute Gasteiger partial charge is 0.141 e. The van der Waals surface area contributed by atoms with E-state index < -0.39 is 0 Å². The zero-order chi connectivity index (χ0) is 12.3. The SMILES string of the molecule is Oc1ccccc1N=Cc1c(O)cccc1O. The maximum atomic E-state index is 9.52. The number of para-hydroxylation sites is 2. The largest absolute Gasteiger partial charge is 0.507 e. The molecular formula is C13H11NO3. The van der Waals surface area contributed by atoms with Crippen LogP contribution in [-0.4, -0.2) is 21.5 Å². The molecule has 17 heavy (non-hydrogen) atoms. The minimum absolute atomic E-state index is 0.0404. The molecule has 4 nitrogen and oxygen atoms in total. The van der Waals surface area contributed by atoms with Crippen LogP contribution in [0.2, 0.25) is 0 Å². The van der Waals surface area contributed by atoms with Gasteiger partial charge in [0.25, 0.3) is 0 Å². The second-order valence-corrected chi connectivity index (χ2v) is 3.46. The molecule has 2 aromatic rings. The van der Waals surface area contributed by atoms with E-state index in [1.165, 1.54) is 30.5 Å². The summed E-state index contributed by atoms with van der Waals surface area (Å²) in [4.78, 5) is 4.00. The van der Waals surface area contributed by atoms with Crippen molar-refractivity contribution < 1.29 is 15.3 Å². The molecule has 0 bridgehead atoms. The predicted molar refractivity (Wildman–Crippen MR) is 65.1 cm³/mol. The minimum atomic E-state index is -0.0656. The summed E-state index contributed by atoms with van der Waals surface area (Å²) in [6.07, 6.45) is 1.31. The van der Waals surface area contributed by atoms with Crippen LogP contribution >= 0.6 is 0 Å². The van der Waals surface area contributed by atoms with E-state index in [-0.39, 0.29) is 22.8 Å². The molecule has 0 unspecified atom stereocenters. The third-order valence-corrected chi connectivity index (χ3v) is 2.27. The van der Waals surface area contributed by atoms with Gasteiger partial charge in [0.1, 0.15) is 22.9 Å². The highest BCUT2D eigenvalue weighted by Gasteiger charge is 2.04. The van der Waals surface area contributed by atoms with Crippen molar-refractivity contribution in [1.29, 1.82) is 0 Å². The molecule has 2 aromatic carbocycles. The molecule has 86 valence electrons. The molecule has 0 aliphatic rings. The lowest BCUT2D eigenvalue weighted by Gasteiger charge is -2.01. The van der Waals surface area contributed by atoms with Crippen molar-refractivity contribution in [3.8, 4) is 17.2 Å². The van der Waals surface area contributed by atoms with Gasteiger partial charge in [-0.25, -0.2) is 0 Å². The Balaban J connectivity index is 2.36. The highest BCUT2D eigenvalue weighted by Crippen LogP contribution is 2.28. The van der Waals surface area contributed by atoms with Crippen LogP contribution in [0.3, 0.4) is 0 Å². The number of phenolic OH excluding ortho intramolecular Hbond substituents is 3. The third kappa shape index (κ3) is 2.36. The normalized spacial score (nSPS) is 10.8. The molecule has 0 aromatic heterocycles. The van der Waals surface area contributed by atoms with Gasteiger partial charge in [0.15, 0.2) is 0 Å². The Bertz CT molecular complexity index is 544. The minimum Gasteiger partial charge on any atom is -0.507 e. The van der Waals surface area contributed by atoms with Crippen LogP contribution in [0.5, 0.6) is 17.2 Å². The fourth-order valence-electron chi connectivity index (χ4n) is 1.38. The van der Waals surface area contributed by atoms with Crippen LogP contribution in [0.15, 0.2) is 47.5 Å². The second kappa shape index (κ2) is 4.57. The van der Waals surface area contributed by atoms with E-state index >= 15 is 0 Å². The standard InChI is InChI=1S/C13H11NO3/c15-11-6-3-7-12(16)9(11)8-14-10-4-1-2-5-13(10)17/h1-8,15-17H. The highest BCUT2D eigenvalue weighted by atomic mass is 16.3. The van der Waals surface area contributed by atoms with Crippen molar-refractivity contribution in [3.05, 3.63) is 48.0 Å². The van der Waals surface area contributed by atoms with Crippen LogP contribution in [0, 0.1) is 0 Å². The van der Waals surface area contributed by atoms with E-state index in [9.17, 15) is 15.3 Å². The summed E-state index contributed by atoms with van der Waals surface area (Å²) in [6.45, 7) is 0. The third-order valence-electron chi connectivity index (χ3n) is 2.27. The zero-order valence-electron chi connectivity index (χ0n) is 8.91. The van der Waals surface area contributed by atoms with Crippen molar-refractivity contribution in [1.82, 2.24) is 0 Å². The summed E-state index contributed by atoms with van der Waals surface area (Å²) >= 11 is 0. The number of phenols is 3. The van der Waals surface area contributed by atoms with Crippen molar-refractivity contribution in [3.63, 3.8) is 0 Å². The van der Waals surface area contributed by atoms with Crippen molar-refractivity contribution in [2.24, 2.45) is 4.99 Å². The van der Waals surface area contributed by atoms with Gasteiger partial charge in [-0.1, -0.05) is 18.2 Å². The molecule has 4 heteroatoms. The van der Waals surface area contributed by atoms with Crippen molar-refractivity contribution in [2.75, 3.05) is 0 Å². The molecule has 0 saturated heterocycles. The molecule has 0 amide bonds. The Labute approximate surface area is 98.1 Å². The summed E-state index contributed by atoms with van der Waals surface area (Å²) < 4.78 is 0. The van der Waals surface area contributed by atoms with Crippen LogP contribution in [-0.2, 0) is 0 Å². The number of nitrogens with zero attached hydrogens (tertiary/aromatic N) is 1. The molecule has 0 atom stereocenters. The summed E-state index contributed by atoms with van der Waals surface area (Å²) in [5, 5.41) is 28.5. The molecule has 0 heterocycles. The van der Waals surface area contributed by atoms with E-state index in [1.54, 1.807) is 18.2 Å². The average Bonchev–Trinajstić information content (AvgIpc) is 2.30. The fourth-order valence-corrected chi connectivity index (χ4v) is 1.38. The molecule has 0 spiro atoms. The van der Waals surface area contributed by atoms with Crippen LogP contribution < -0.4 is 0 Å². The van der Waals surface area contributed by atoms with Gasteiger partial charge >= 0.3 is 0 Å². The maximum Gasteiger partial charge on any atom is 0.141 e. The summed E-state index contributed by atoms with van der Waals surface area (Å²) in [5.74, 6) is -0.0907. The first kappa shape index (κ1) is 11.0. The summed E-state index contributed by atoms with van der Waals surface area (Å²) in [7, 11) is 0. The first-order valence-electron chi connectivity index (χ1n) is 5.01. The molecule has 0 saturated carbocycles. The average molecular weight is 229 g/mol. The Morgan fingerprint density at radius 1 is 0.765 bits per heavy atom. The number of hydrogen-bond donors (Lipinski definition) is 3. The van der Waals surface area contributed by atoms with E-state index in [0.29, 0.717) is 5.69 Å². The van der Waals surface area contributed by atoms with Crippen molar-refractivity contribution in [2.45, 2.75) is 0 Å². The van der Waals surface area contributed by atoms with Gasteiger partial charge in [0, 0.05) is 6.21 Å². The van der Waals surface area contributed by atoms with E-state index in [1.807, 2.05) is 0 Å². The Hall–Kier alpha value is -2.49. The summed E-state index contributed by atoms with van der Waals surface area (Å²) in [6, 6.07) is 11.0. The predicted octanol–water partition coefficient (Wildman–Crippen LogP) is 2.55. The van der Waals surface area contributed by atoms with Gasteiger partial charge in [-0.2, -0.15) is 0 Å². The van der Waals surface area contributed by atoms with Crippen LogP contribution in [0.4, 0.5) is 5.69 Å². The number of aliphatic imine (C=N–C) groups is 1. The molecule has 0 fully saturated rings. The van der Waals surface area contributed by atoms with Gasteiger partial charge < -0.3 is 15.3 Å². The lowest BCUT2D eigenvalue weighted by atomic mass is 10.2. The molecule has 2 rings (SSSR count). The molecular weight excluding hydrogens is 218 g/mol. The quantitative estimate of drug-likeness (QED) is 0.693. The molecule has 0 radical (unpaired) electrons. The number of benzene rings is 2. The van der Waals surface area contributed by atoms with E-state index in [2.05, 4.69) is 4.99 Å². The van der Waals surface area contributed by atoms with Gasteiger partial charge in [-0.3, -0.25) is 4.99 Å². The first-order chi connectivity index (χ1) is 8.18. The van der Waals surface area contributed by atoms with Crippen molar-refractivity contribution >= 4 is 11.9 Å². The monoisotopic (exact) mass is 229 g/mol. The van der Waals surface area contributed by atoms with Gasteiger partial charge in [0.2, 0.25) is 0 Å². The zero-order valence-corrected chi connectivity index (χ0v) is 8.91. The molecule has 0 aliphatic carbocycles. The Morgan fingerprint density at radius 2 is 1.35 bits per heavy atom. The van der Waals surface area contributed by atoms with Gasteiger partial charge in [0.05, 0.1) is 5.56 Å². The summed E-state index contributed by atoms with van der Waals surface area (Å²) in [5.41, 5.74) is 0.589. The lowest BCUT2D eigenvalue weighted by molar-refractivity contribution is 0.449. The number of rotatable bonds is 2. The van der Waals surface area contributed by atoms with Gasteiger partial charge in [-0.15, -0.1) is 0 Å². The topological polar surface area (TPSA) is 73.1 Å². The van der Waals surface area contributed by atoms with Crippen LogP contribution in [0.1, 0.15) is 5.56 Å². The maximum absolute atomic E-state index is 9.52. The fraction of sp³-hybridized carbons (Fsp3) is 0. The highest BCUT2D eigenvalue weighted by molar-refractivity contribution is 5.89. The molecule has 0 aliphatic heterocycles. The lowest BCUT2D eigenvalue weighted by Crippen LogP contribution is -1.83. The molecule has 3 N–H and O–H groups in total. The number of hydrogen-bond acceptors (Lipinski definition) is 4. The Morgan fingerprint density at radius 3 is 2.00 bits per heavy atom. The van der Waals surface area contributed by atoms with Gasteiger partial charge in [-0.05, 0) is 24.3 Å². The van der Waals surface area contributed by atoms with Crippen LogP contribution in [0.25, 0.3) is 0 Å². The van der Waals surface area contributed by atoms with E-state index in [0.717, 1.165) is 0 Å². The first-order valence-corrected chi connectivity index (χ1v) is 5.01.